The van der Waals surface area contributed by atoms with E-state index in [0.29, 0.717) is 12.8 Å². The number of nitrogens with zero attached hydrogens (tertiary/aromatic N) is 1. The lowest BCUT2D eigenvalue weighted by atomic mass is 9.92. The average molecular weight is 367 g/mol. The maximum atomic E-state index is 13.8. The van der Waals surface area contributed by atoms with Crippen molar-refractivity contribution < 1.29 is 18.8 Å². The van der Waals surface area contributed by atoms with Gasteiger partial charge in [-0.1, -0.05) is 30.3 Å². The number of halogens is 1. The number of benzene rings is 2. The molecule has 2 aromatic carbocycles. The molecule has 0 aromatic heterocycles. The van der Waals surface area contributed by atoms with Crippen molar-refractivity contribution in [3.63, 3.8) is 0 Å². The molecule has 1 aliphatic carbocycles. The Morgan fingerprint density at radius 2 is 2.04 bits per heavy atom. The predicted octanol–water partition coefficient (Wildman–Crippen LogP) is 2.47. The molecule has 2 aliphatic rings. The first-order valence-corrected chi connectivity index (χ1v) is 8.69. The van der Waals surface area contributed by atoms with Gasteiger partial charge in [0.2, 0.25) is 5.91 Å². The molecule has 0 bridgehead atoms. The van der Waals surface area contributed by atoms with E-state index in [0.717, 1.165) is 21.6 Å². The summed E-state index contributed by atoms with van der Waals surface area (Å²) in [4.78, 5) is 38.6. The second kappa shape index (κ2) is 6.19. The Morgan fingerprint density at radius 1 is 1.26 bits per heavy atom. The number of hydrogen-bond acceptors (Lipinski definition) is 3. The SMILES string of the molecule is Cc1ccc(F)c(NC(=O)CN2C(=O)NC3(CCc4ccccc43)C2=O)c1. The van der Waals surface area contributed by atoms with Crippen molar-refractivity contribution in [3.05, 3.63) is 65.0 Å². The highest BCUT2D eigenvalue weighted by Crippen LogP contribution is 2.41. The molecule has 4 rings (SSSR count). The molecule has 6 nitrogen and oxygen atoms in total. The van der Waals surface area contributed by atoms with Gasteiger partial charge >= 0.3 is 6.03 Å². The summed E-state index contributed by atoms with van der Waals surface area (Å²) in [5, 5.41) is 5.19. The number of urea groups is 1. The molecule has 2 aromatic rings. The van der Waals surface area contributed by atoms with E-state index >= 15 is 0 Å². The van der Waals surface area contributed by atoms with Crippen LogP contribution in [0, 0.1) is 12.7 Å². The zero-order valence-corrected chi connectivity index (χ0v) is 14.7. The Labute approximate surface area is 155 Å². The summed E-state index contributed by atoms with van der Waals surface area (Å²) in [6.45, 7) is 1.30. The highest BCUT2D eigenvalue weighted by molar-refractivity contribution is 6.10. The van der Waals surface area contributed by atoms with Gasteiger partial charge in [0.1, 0.15) is 17.9 Å². The quantitative estimate of drug-likeness (QED) is 0.818. The molecule has 0 radical (unpaired) electrons. The van der Waals surface area contributed by atoms with Crippen LogP contribution in [-0.4, -0.2) is 29.3 Å². The first-order valence-electron chi connectivity index (χ1n) is 8.69. The summed E-state index contributed by atoms with van der Waals surface area (Å²) in [5.74, 6) is -1.66. The summed E-state index contributed by atoms with van der Waals surface area (Å²) in [5.41, 5.74) is 1.48. The molecular formula is C20H18FN3O3. The normalized spacial score (nSPS) is 20.7. The van der Waals surface area contributed by atoms with Crippen LogP contribution in [0.25, 0.3) is 0 Å². The molecule has 0 saturated carbocycles. The molecule has 138 valence electrons. The van der Waals surface area contributed by atoms with Crippen molar-refractivity contribution in [2.24, 2.45) is 0 Å². The number of hydrogen-bond donors (Lipinski definition) is 2. The van der Waals surface area contributed by atoms with Crippen LogP contribution in [0.2, 0.25) is 0 Å². The van der Waals surface area contributed by atoms with Crippen molar-refractivity contribution in [2.45, 2.75) is 25.3 Å². The van der Waals surface area contributed by atoms with Gasteiger partial charge in [-0.05, 0) is 48.6 Å². The molecule has 7 heteroatoms. The molecule has 27 heavy (non-hydrogen) atoms. The molecule has 1 aliphatic heterocycles. The number of amides is 4. The second-order valence-electron chi connectivity index (χ2n) is 6.92. The van der Waals surface area contributed by atoms with E-state index in [1.165, 1.54) is 12.1 Å². The maximum Gasteiger partial charge on any atom is 0.325 e. The van der Waals surface area contributed by atoms with Gasteiger partial charge in [0, 0.05) is 0 Å². The summed E-state index contributed by atoms with van der Waals surface area (Å²) < 4.78 is 13.8. The van der Waals surface area contributed by atoms with Crippen LogP contribution >= 0.6 is 0 Å². The van der Waals surface area contributed by atoms with E-state index < -0.39 is 35.7 Å². The van der Waals surface area contributed by atoms with Gasteiger partial charge in [0.25, 0.3) is 5.91 Å². The van der Waals surface area contributed by atoms with E-state index in [1.807, 2.05) is 24.3 Å². The zero-order chi connectivity index (χ0) is 19.2. The Balaban J connectivity index is 1.54. The number of carbonyl (C=O) groups excluding carboxylic acids is 3. The number of nitrogens with one attached hydrogen (secondary N) is 2. The molecule has 4 amide bonds. The van der Waals surface area contributed by atoms with Crippen LogP contribution in [0.15, 0.2) is 42.5 Å². The fourth-order valence-electron chi connectivity index (χ4n) is 3.80. The third-order valence-corrected chi connectivity index (χ3v) is 5.12. The topological polar surface area (TPSA) is 78.5 Å². The summed E-state index contributed by atoms with van der Waals surface area (Å²) in [7, 11) is 0. The second-order valence-corrected chi connectivity index (χ2v) is 6.92. The highest BCUT2D eigenvalue weighted by atomic mass is 19.1. The molecular weight excluding hydrogens is 349 g/mol. The first-order chi connectivity index (χ1) is 12.9. The van der Waals surface area contributed by atoms with Crippen LogP contribution in [0.5, 0.6) is 0 Å². The average Bonchev–Trinajstić information content (AvgIpc) is 3.12. The van der Waals surface area contributed by atoms with Crippen LogP contribution in [0.1, 0.15) is 23.1 Å². The molecule has 1 fully saturated rings. The fourth-order valence-corrected chi connectivity index (χ4v) is 3.80. The minimum Gasteiger partial charge on any atom is -0.322 e. The van der Waals surface area contributed by atoms with Gasteiger partial charge < -0.3 is 10.6 Å². The van der Waals surface area contributed by atoms with Crippen LogP contribution < -0.4 is 10.6 Å². The lowest BCUT2D eigenvalue weighted by molar-refractivity contribution is -0.134. The van der Waals surface area contributed by atoms with Crippen LogP contribution in [-0.2, 0) is 21.5 Å². The van der Waals surface area contributed by atoms with E-state index in [4.69, 9.17) is 0 Å². The Morgan fingerprint density at radius 3 is 2.85 bits per heavy atom. The third-order valence-electron chi connectivity index (χ3n) is 5.12. The van der Waals surface area contributed by atoms with Gasteiger partial charge in [-0.2, -0.15) is 0 Å². The molecule has 1 saturated heterocycles. The highest BCUT2D eigenvalue weighted by Gasteiger charge is 2.55. The summed E-state index contributed by atoms with van der Waals surface area (Å²) in [6.07, 6.45) is 1.14. The van der Waals surface area contributed by atoms with Gasteiger partial charge in [-0.25, -0.2) is 9.18 Å². The van der Waals surface area contributed by atoms with Crippen molar-refractivity contribution >= 4 is 23.5 Å². The standard InChI is InChI=1S/C20H18FN3O3/c1-12-6-7-15(21)16(10-12)22-17(25)11-24-18(26)20(23-19(24)27)9-8-13-4-2-3-5-14(13)20/h2-7,10H,8-9,11H2,1H3,(H,22,25)(H,23,27). The lowest BCUT2D eigenvalue weighted by Gasteiger charge is -2.22. The van der Waals surface area contributed by atoms with Crippen molar-refractivity contribution in [1.29, 1.82) is 0 Å². The Kier molecular flexibility index (Phi) is 3.95. The van der Waals surface area contributed by atoms with Crippen LogP contribution in [0.4, 0.5) is 14.9 Å². The fraction of sp³-hybridized carbons (Fsp3) is 0.250. The molecule has 2 N–H and O–H groups in total. The summed E-state index contributed by atoms with van der Waals surface area (Å²) in [6, 6.07) is 11.2. The predicted molar refractivity (Wildman–Crippen MR) is 96.5 cm³/mol. The van der Waals surface area contributed by atoms with E-state index in [2.05, 4.69) is 10.6 Å². The maximum absolute atomic E-state index is 13.8. The van der Waals surface area contributed by atoms with E-state index in [-0.39, 0.29) is 5.69 Å². The Bertz CT molecular complexity index is 975. The first kappa shape index (κ1) is 17.2. The number of imide groups is 1. The lowest BCUT2D eigenvalue weighted by Crippen LogP contribution is -2.43. The minimum atomic E-state index is -1.11. The number of aryl methyl sites for hydroxylation is 2. The number of carbonyl (C=O) groups is 3. The van der Waals surface area contributed by atoms with Crippen LogP contribution in [0.3, 0.4) is 0 Å². The third kappa shape index (κ3) is 2.75. The smallest absolute Gasteiger partial charge is 0.322 e. The summed E-state index contributed by atoms with van der Waals surface area (Å²) >= 11 is 0. The largest absolute Gasteiger partial charge is 0.325 e. The van der Waals surface area contributed by atoms with Crippen molar-refractivity contribution in [1.82, 2.24) is 10.2 Å². The van der Waals surface area contributed by atoms with Gasteiger partial charge in [-0.3, -0.25) is 14.5 Å². The van der Waals surface area contributed by atoms with Gasteiger partial charge in [-0.15, -0.1) is 0 Å². The van der Waals surface area contributed by atoms with Gasteiger partial charge in [0.15, 0.2) is 0 Å². The molecule has 1 spiro atoms. The van der Waals surface area contributed by atoms with Crippen molar-refractivity contribution in [2.75, 3.05) is 11.9 Å². The molecule has 1 heterocycles. The Hall–Kier alpha value is -3.22. The zero-order valence-electron chi connectivity index (χ0n) is 14.7. The number of anilines is 1. The van der Waals surface area contributed by atoms with E-state index in [9.17, 15) is 18.8 Å². The number of fused-ring (bicyclic) bond motifs is 2. The monoisotopic (exact) mass is 367 g/mol. The molecule has 1 unspecified atom stereocenters. The minimum absolute atomic E-state index is 0.0213. The van der Waals surface area contributed by atoms with E-state index in [1.54, 1.807) is 13.0 Å². The number of rotatable bonds is 3. The molecule has 1 atom stereocenters. The van der Waals surface area contributed by atoms with Crippen molar-refractivity contribution in [3.8, 4) is 0 Å². The van der Waals surface area contributed by atoms with Gasteiger partial charge in [0.05, 0.1) is 5.69 Å².